The molecule has 150 valence electrons. The lowest BCUT2D eigenvalue weighted by molar-refractivity contribution is -0.00700. The van der Waals surface area contributed by atoms with E-state index in [0.717, 1.165) is 37.3 Å². The molecule has 0 saturated carbocycles. The monoisotopic (exact) mass is 386 g/mol. The predicted octanol–water partition coefficient (Wildman–Crippen LogP) is 1.69. The predicted molar refractivity (Wildman–Crippen MR) is 104 cm³/mol. The molecule has 4 rings (SSSR count). The number of nitrogens with one attached hydrogen (secondary N) is 2. The molecule has 0 aromatic carbocycles. The van der Waals surface area contributed by atoms with E-state index in [1.165, 1.54) is 0 Å². The molecule has 2 aromatic heterocycles. The van der Waals surface area contributed by atoms with Crippen LogP contribution in [0.2, 0.25) is 0 Å². The van der Waals surface area contributed by atoms with Gasteiger partial charge in [-0.1, -0.05) is 0 Å². The van der Waals surface area contributed by atoms with E-state index < -0.39 is 0 Å². The maximum Gasteiger partial charge on any atom is 0.319 e. The summed E-state index contributed by atoms with van der Waals surface area (Å²) in [7, 11) is 1.87. The lowest BCUT2D eigenvalue weighted by Gasteiger charge is -2.31. The Labute approximate surface area is 164 Å². The van der Waals surface area contributed by atoms with Gasteiger partial charge in [0.25, 0.3) is 0 Å². The standard InChI is InChI=1S/C19H26N6O3/c1-24-13-14(11-21-24)18-16(3-2-8-28-18)23-19(26)22-15-4-5-17(20-12-15)25-6-9-27-10-7-25/h4-5,11-13,16,18H,2-3,6-10H2,1H3,(H2,22,23,26)/t16-,18+/m0/s1. The first-order chi connectivity index (χ1) is 13.7. The van der Waals surface area contributed by atoms with Crippen molar-refractivity contribution in [1.29, 1.82) is 0 Å². The molecule has 2 aromatic rings. The van der Waals surface area contributed by atoms with Crippen molar-refractivity contribution in [2.45, 2.75) is 25.0 Å². The maximum atomic E-state index is 12.5. The van der Waals surface area contributed by atoms with Gasteiger partial charge in [-0.25, -0.2) is 9.78 Å². The zero-order chi connectivity index (χ0) is 19.3. The number of aromatic nitrogens is 3. The molecule has 0 unspecified atom stereocenters. The summed E-state index contributed by atoms with van der Waals surface area (Å²) in [4.78, 5) is 19.1. The number of morpholine rings is 1. The molecule has 9 heteroatoms. The molecular weight excluding hydrogens is 360 g/mol. The Morgan fingerprint density at radius 1 is 1.21 bits per heavy atom. The topological polar surface area (TPSA) is 93.5 Å². The van der Waals surface area contributed by atoms with Gasteiger partial charge in [-0.15, -0.1) is 0 Å². The Kier molecular flexibility index (Phi) is 5.73. The second kappa shape index (κ2) is 8.57. The number of amides is 2. The fraction of sp³-hybridized carbons (Fsp3) is 0.526. The van der Waals surface area contributed by atoms with Crippen molar-refractivity contribution >= 4 is 17.5 Å². The average Bonchev–Trinajstić information content (AvgIpc) is 3.16. The van der Waals surface area contributed by atoms with Crippen LogP contribution in [-0.2, 0) is 16.5 Å². The van der Waals surface area contributed by atoms with Crippen LogP contribution in [-0.4, -0.2) is 59.7 Å². The molecule has 0 radical (unpaired) electrons. The van der Waals surface area contributed by atoms with Crippen molar-refractivity contribution in [2.75, 3.05) is 43.1 Å². The lowest BCUT2D eigenvalue weighted by Crippen LogP contribution is -2.44. The molecule has 9 nitrogen and oxygen atoms in total. The number of urea groups is 1. The molecule has 2 aliphatic rings. The van der Waals surface area contributed by atoms with Gasteiger partial charge in [0.05, 0.1) is 37.3 Å². The molecule has 4 heterocycles. The molecule has 28 heavy (non-hydrogen) atoms. The molecule has 2 N–H and O–H groups in total. The van der Waals surface area contributed by atoms with Crippen LogP contribution >= 0.6 is 0 Å². The summed E-state index contributed by atoms with van der Waals surface area (Å²) in [6.45, 7) is 3.78. The van der Waals surface area contributed by atoms with Gasteiger partial charge in [0, 0.05) is 38.5 Å². The van der Waals surface area contributed by atoms with Gasteiger partial charge in [-0.05, 0) is 25.0 Å². The number of carbonyl (C=O) groups is 1. The highest BCUT2D eigenvalue weighted by atomic mass is 16.5. The molecule has 2 aliphatic heterocycles. The first-order valence-electron chi connectivity index (χ1n) is 9.65. The summed E-state index contributed by atoms with van der Waals surface area (Å²) in [6, 6.07) is 3.43. The number of anilines is 2. The fourth-order valence-electron chi connectivity index (χ4n) is 3.62. The van der Waals surface area contributed by atoms with Gasteiger partial charge in [-0.3, -0.25) is 4.68 Å². The van der Waals surface area contributed by atoms with Crippen LogP contribution in [0.15, 0.2) is 30.7 Å². The molecule has 0 spiro atoms. The minimum absolute atomic E-state index is 0.0986. The van der Waals surface area contributed by atoms with Gasteiger partial charge in [0.15, 0.2) is 0 Å². The minimum Gasteiger partial charge on any atom is -0.378 e. The molecule has 0 aliphatic carbocycles. The Morgan fingerprint density at radius 2 is 2.07 bits per heavy atom. The van der Waals surface area contributed by atoms with Crippen LogP contribution in [0.5, 0.6) is 0 Å². The fourth-order valence-corrected chi connectivity index (χ4v) is 3.62. The van der Waals surface area contributed by atoms with E-state index in [9.17, 15) is 4.79 Å². The summed E-state index contributed by atoms with van der Waals surface area (Å²) in [6.07, 6.45) is 6.99. The van der Waals surface area contributed by atoms with Gasteiger partial charge in [0.2, 0.25) is 0 Å². The van der Waals surface area contributed by atoms with E-state index in [2.05, 4.69) is 25.6 Å². The first-order valence-corrected chi connectivity index (χ1v) is 9.65. The minimum atomic E-state index is -0.259. The summed E-state index contributed by atoms with van der Waals surface area (Å²) < 4.78 is 13.0. The number of nitrogens with zero attached hydrogens (tertiary/aromatic N) is 4. The van der Waals surface area contributed by atoms with Crippen molar-refractivity contribution in [3.8, 4) is 0 Å². The summed E-state index contributed by atoms with van der Waals surface area (Å²) in [5.41, 5.74) is 1.63. The van der Waals surface area contributed by atoms with E-state index >= 15 is 0 Å². The molecule has 0 bridgehead atoms. The van der Waals surface area contributed by atoms with Gasteiger partial charge >= 0.3 is 6.03 Å². The number of pyridine rings is 1. The van der Waals surface area contributed by atoms with Crippen LogP contribution in [0.3, 0.4) is 0 Å². The Morgan fingerprint density at radius 3 is 2.79 bits per heavy atom. The molecule has 2 atom stereocenters. The molecule has 2 fully saturated rings. The van der Waals surface area contributed by atoms with E-state index in [1.807, 2.05) is 25.4 Å². The van der Waals surface area contributed by atoms with Gasteiger partial charge in [0.1, 0.15) is 11.9 Å². The van der Waals surface area contributed by atoms with E-state index in [4.69, 9.17) is 9.47 Å². The number of rotatable bonds is 4. The van der Waals surface area contributed by atoms with Gasteiger partial charge < -0.3 is 25.0 Å². The summed E-state index contributed by atoms with van der Waals surface area (Å²) >= 11 is 0. The number of carbonyl (C=O) groups excluding carboxylic acids is 1. The second-order valence-electron chi connectivity index (χ2n) is 7.09. The quantitative estimate of drug-likeness (QED) is 0.831. The number of aryl methyl sites for hydroxylation is 1. The number of hydrogen-bond donors (Lipinski definition) is 2. The van der Waals surface area contributed by atoms with Gasteiger partial charge in [-0.2, -0.15) is 5.10 Å². The summed E-state index contributed by atoms with van der Waals surface area (Å²) in [5, 5.41) is 10.1. The molecule has 2 saturated heterocycles. The van der Waals surface area contributed by atoms with E-state index in [-0.39, 0.29) is 18.2 Å². The van der Waals surface area contributed by atoms with Crippen LogP contribution in [0.4, 0.5) is 16.3 Å². The third-order valence-corrected chi connectivity index (χ3v) is 5.03. The Balaban J connectivity index is 1.35. The van der Waals surface area contributed by atoms with Crippen LogP contribution in [0.1, 0.15) is 24.5 Å². The van der Waals surface area contributed by atoms with Crippen molar-refractivity contribution in [2.24, 2.45) is 7.05 Å². The lowest BCUT2D eigenvalue weighted by atomic mass is 9.98. The normalized spacial score (nSPS) is 22.7. The first kappa shape index (κ1) is 18.7. The highest BCUT2D eigenvalue weighted by molar-refractivity contribution is 5.89. The van der Waals surface area contributed by atoms with Crippen LogP contribution in [0.25, 0.3) is 0 Å². The molecule has 2 amide bonds. The SMILES string of the molecule is Cn1cc([C@H]2OCCC[C@@H]2NC(=O)Nc2ccc(N3CCOCC3)nc2)cn1. The van der Waals surface area contributed by atoms with Crippen LogP contribution in [0, 0.1) is 0 Å². The summed E-state index contributed by atoms with van der Waals surface area (Å²) in [5.74, 6) is 0.895. The highest BCUT2D eigenvalue weighted by Gasteiger charge is 2.29. The third kappa shape index (κ3) is 4.42. The third-order valence-electron chi connectivity index (χ3n) is 5.03. The zero-order valence-electron chi connectivity index (χ0n) is 16.0. The number of ether oxygens (including phenoxy) is 2. The van der Waals surface area contributed by atoms with Crippen molar-refractivity contribution < 1.29 is 14.3 Å². The molecular formula is C19H26N6O3. The van der Waals surface area contributed by atoms with Crippen molar-refractivity contribution in [3.63, 3.8) is 0 Å². The van der Waals surface area contributed by atoms with E-state index in [1.54, 1.807) is 17.1 Å². The van der Waals surface area contributed by atoms with Crippen LogP contribution < -0.4 is 15.5 Å². The number of hydrogen-bond acceptors (Lipinski definition) is 6. The zero-order valence-corrected chi connectivity index (χ0v) is 16.0. The second-order valence-corrected chi connectivity index (χ2v) is 7.09. The smallest absolute Gasteiger partial charge is 0.319 e. The Hall–Kier alpha value is -2.65. The maximum absolute atomic E-state index is 12.5. The van der Waals surface area contributed by atoms with Crippen molar-refractivity contribution in [1.82, 2.24) is 20.1 Å². The highest BCUT2D eigenvalue weighted by Crippen LogP contribution is 2.28. The Bertz CT molecular complexity index is 787. The average molecular weight is 386 g/mol. The largest absolute Gasteiger partial charge is 0.378 e. The van der Waals surface area contributed by atoms with E-state index in [0.29, 0.717) is 25.5 Å². The van der Waals surface area contributed by atoms with Crippen molar-refractivity contribution in [3.05, 3.63) is 36.3 Å².